The van der Waals surface area contributed by atoms with Gasteiger partial charge in [-0.3, -0.25) is 4.79 Å². The van der Waals surface area contributed by atoms with Crippen LogP contribution in [0.1, 0.15) is 21.5 Å². The maximum atomic E-state index is 12.7. The van der Waals surface area contributed by atoms with Crippen LogP contribution in [0.4, 0.5) is 19.0 Å². The van der Waals surface area contributed by atoms with Crippen molar-refractivity contribution in [2.24, 2.45) is 0 Å². The minimum Gasteiger partial charge on any atom is -0.352 e. The lowest BCUT2D eigenvalue weighted by atomic mass is 10.1. The fourth-order valence-corrected chi connectivity index (χ4v) is 3.10. The van der Waals surface area contributed by atoms with Gasteiger partial charge in [-0.05, 0) is 25.1 Å². The predicted octanol–water partition coefficient (Wildman–Crippen LogP) is 4.02. The molecule has 0 aliphatic carbocycles. The third-order valence-corrected chi connectivity index (χ3v) is 4.59. The first-order valence-electron chi connectivity index (χ1n) is 8.09. The summed E-state index contributed by atoms with van der Waals surface area (Å²) in [5.41, 5.74) is 0.823. The van der Waals surface area contributed by atoms with E-state index in [0.717, 1.165) is 17.8 Å². The van der Waals surface area contributed by atoms with Gasteiger partial charge in [-0.2, -0.15) is 13.2 Å². The Kier molecular flexibility index (Phi) is 5.09. The molecule has 3 rings (SSSR count). The van der Waals surface area contributed by atoms with Gasteiger partial charge in [0.2, 0.25) is 0 Å². The number of hydrogen-bond donors (Lipinski definition) is 0. The molecule has 4 nitrogen and oxygen atoms in total. The summed E-state index contributed by atoms with van der Waals surface area (Å²) in [6.45, 7) is 3.76. The predicted molar refractivity (Wildman–Crippen MR) is 93.5 cm³/mol. The summed E-state index contributed by atoms with van der Waals surface area (Å²) in [6, 6.07) is 8.23. The molecule has 0 unspecified atom stereocenters. The number of anilines is 1. The molecule has 0 saturated carbocycles. The number of carbonyl (C=O) groups is 1. The highest BCUT2D eigenvalue weighted by molar-refractivity contribution is 6.33. The van der Waals surface area contributed by atoms with Crippen LogP contribution in [0.15, 0.2) is 36.5 Å². The number of nitrogens with zero attached hydrogens (tertiary/aromatic N) is 3. The lowest BCUT2D eigenvalue weighted by Crippen LogP contribution is -2.49. The van der Waals surface area contributed by atoms with Crippen molar-refractivity contribution in [1.29, 1.82) is 0 Å². The Morgan fingerprint density at radius 1 is 1.12 bits per heavy atom. The number of halogens is 4. The van der Waals surface area contributed by atoms with Gasteiger partial charge < -0.3 is 9.80 Å². The molecule has 2 heterocycles. The standard InChI is InChI=1S/C18H17ClF3N3O/c1-12-2-4-13(5-3-12)17(26)25-8-6-24(7-9-25)16-15(19)10-14(11-23-16)18(20,21)22/h2-5,10-11H,6-9H2,1H3. The highest BCUT2D eigenvalue weighted by Crippen LogP contribution is 2.33. The molecule has 0 atom stereocenters. The number of rotatable bonds is 2. The molecule has 1 aliphatic rings. The quantitative estimate of drug-likeness (QED) is 0.785. The zero-order valence-electron chi connectivity index (χ0n) is 14.1. The van der Waals surface area contributed by atoms with E-state index in [0.29, 0.717) is 37.6 Å². The topological polar surface area (TPSA) is 36.4 Å². The number of alkyl halides is 3. The second-order valence-corrected chi connectivity index (χ2v) is 6.58. The van der Waals surface area contributed by atoms with Crippen LogP contribution < -0.4 is 4.90 Å². The van der Waals surface area contributed by atoms with E-state index < -0.39 is 11.7 Å². The zero-order valence-corrected chi connectivity index (χ0v) is 14.8. The normalized spacial score (nSPS) is 15.3. The fourth-order valence-electron chi connectivity index (χ4n) is 2.82. The van der Waals surface area contributed by atoms with Crippen LogP contribution in [0, 0.1) is 6.92 Å². The maximum Gasteiger partial charge on any atom is 0.417 e. The largest absolute Gasteiger partial charge is 0.417 e. The number of benzene rings is 1. The minimum atomic E-state index is -4.48. The summed E-state index contributed by atoms with van der Waals surface area (Å²) in [5.74, 6) is 0.248. The van der Waals surface area contributed by atoms with Gasteiger partial charge in [0.1, 0.15) is 5.82 Å². The minimum absolute atomic E-state index is 0.0434. The summed E-state index contributed by atoms with van der Waals surface area (Å²) >= 11 is 5.99. The van der Waals surface area contributed by atoms with E-state index in [4.69, 9.17) is 11.6 Å². The number of carbonyl (C=O) groups excluding carboxylic acids is 1. The first-order chi connectivity index (χ1) is 12.3. The van der Waals surface area contributed by atoms with E-state index in [1.54, 1.807) is 21.9 Å². The van der Waals surface area contributed by atoms with Crippen molar-refractivity contribution in [3.05, 3.63) is 58.2 Å². The van der Waals surface area contributed by atoms with E-state index in [2.05, 4.69) is 4.98 Å². The van der Waals surface area contributed by atoms with Crippen LogP contribution in [0.3, 0.4) is 0 Å². The summed E-state index contributed by atoms with van der Waals surface area (Å²) in [6.07, 6.45) is -3.70. The molecule has 2 aromatic rings. The van der Waals surface area contributed by atoms with E-state index in [1.165, 1.54) is 0 Å². The average molecular weight is 384 g/mol. The molecule has 1 aliphatic heterocycles. The van der Waals surface area contributed by atoms with E-state index in [1.807, 2.05) is 19.1 Å². The third-order valence-electron chi connectivity index (χ3n) is 4.31. The SMILES string of the molecule is Cc1ccc(C(=O)N2CCN(c3ncc(C(F)(F)F)cc3Cl)CC2)cc1. The van der Waals surface area contributed by atoms with Crippen molar-refractivity contribution in [2.45, 2.75) is 13.1 Å². The number of aryl methyl sites for hydroxylation is 1. The number of aromatic nitrogens is 1. The van der Waals surface area contributed by atoms with E-state index >= 15 is 0 Å². The van der Waals surface area contributed by atoms with Crippen LogP contribution in [-0.2, 0) is 6.18 Å². The molecule has 1 aromatic heterocycles. The highest BCUT2D eigenvalue weighted by Gasteiger charge is 2.32. The number of piperazine rings is 1. The summed E-state index contributed by atoms with van der Waals surface area (Å²) in [7, 11) is 0. The molecule has 26 heavy (non-hydrogen) atoms. The second-order valence-electron chi connectivity index (χ2n) is 6.17. The van der Waals surface area contributed by atoms with Crippen molar-refractivity contribution in [2.75, 3.05) is 31.1 Å². The Hall–Kier alpha value is -2.28. The smallest absolute Gasteiger partial charge is 0.352 e. The lowest BCUT2D eigenvalue weighted by Gasteiger charge is -2.35. The van der Waals surface area contributed by atoms with E-state index in [9.17, 15) is 18.0 Å². The molecule has 1 fully saturated rings. The lowest BCUT2D eigenvalue weighted by molar-refractivity contribution is -0.137. The molecule has 0 radical (unpaired) electrons. The Balaban J connectivity index is 1.67. The highest BCUT2D eigenvalue weighted by atomic mass is 35.5. The van der Waals surface area contributed by atoms with E-state index in [-0.39, 0.29) is 10.9 Å². The summed E-state index contributed by atoms with van der Waals surface area (Å²) < 4.78 is 38.1. The Bertz CT molecular complexity index is 800. The molecule has 138 valence electrons. The Morgan fingerprint density at radius 2 is 1.73 bits per heavy atom. The van der Waals surface area contributed by atoms with Crippen LogP contribution in [0.25, 0.3) is 0 Å². The second kappa shape index (κ2) is 7.15. The third kappa shape index (κ3) is 3.93. The van der Waals surface area contributed by atoms with Gasteiger partial charge in [-0.15, -0.1) is 0 Å². The maximum absolute atomic E-state index is 12.7. The van der Waals surface area contributed by atoms with Crippen LogP contribution >= 0.6 is 11.6 Å². The summed E-state index contributed by atoms with van der Waals surface area (Å²) in [4.78, 5) is 19.9. The molecular weight excluding hydrogens is 367 g/mol. The number of amides is 1. The molecular formula is C18H17ClF3N3O. The molecule has 8 heteroatoms. The number of hydrogen-bond acceptors (Lipinski definition) is 3. The molecule has 0 spiro atoms. The molecule has 1 aromatic carbocycles. The molecule has 1 amide bonds. The van der Waals surface area contributed by atoms with Gasteiger partial charge in [0.05, 0.1) is 10.6 Å². The fraction of sp³-hybridized carbons (Fsp3) is 0.333. The summed E-state index contributed by atoms with van der Waals surface area (Å²) in [5, 5.41) is -0.0434. The van der Waals surface area contributed by atoms with Crippen LogP contribution in [0.2, 0.25) is 5.02 Å². The van der Waals surface area contributed by atoms with Crippen molar-refractivity contribution >= 4 is 23.3 Å². The van der Waals surface area contributed by atoms with Gasteiger partial charge in [-0.25, -0.2) is 4.98 Å². The van der Waals surface area contributed by atoms with Gasteiger partial charge in [0.15, 0.2) is 0 Å². The van der Waals surface area contributed by atoms with Crippen molar-refractivity contribution in [3.8, 4) is 0 Å². The molecule has 0 N–H and O–H groups in total. The molecule has 1 saturated heterocycles. The van der Waals surface area contributed by atoms with Crippen molar-refractivity contribution in [1.82, 2.24) is 9.88 Å². The zero-order chi connectivity index (χ0) is 18.9. The van der Waals surface area contributed by atoms with Gasteiger partial charge in [0.25, 0.3) is 5.91 Å². The number of pyridine rings is 1. The Morgan fingerprint density at radius 3 is 2.27 bits per heavy atom. The van der Waals surface area contributed by atoms with Crippen molar-refractivity contribution < 1.29 is 18.0 Å². The van der Waals surface area contributed by atoms with Gasteiger partial charge in [-0.1, -0.05) is 29.3 Å². The van der Waals surface area contributed by atoms with Gasteiger partial charge in [0, 0.05) is 37.9 Å². The Labute approximate surface area is 154 Å². The van der Waals surface area contributed by atoms with Crippen LogP contribution in [0.5, 0.6) is 0 Å². The first-order valence-corrected chi connectivity index (χ1v) is 8.47. The van der Waals surface area contributed by atoms with Gasteiger partial charge >= 0.3 is 6.18 Å². The average Bonchev–Trinajstić information content (AvgIpc) is 2.61. The van der Waals surface area contributed by atoms with Crippen LogP contribution in [-0.4, -0.2) is 42.0 Å². The van der Waals surface area contributed by atoms with Crippen molar-refractivity contribution in [3.63, 3.8) is 0 Å². The molecule has 0 bridgehead atoms. The monoisotopic (exact) mass is 383 g/mol. The first kappa shape index (κ1) is 18.5.